The van der Waals surface area contributed by atoms with Gasteiger partial charge in [0.15, 0.2) is 0 Å². The maximum Gasteiger partial charge on any atom is 0.113 e. The fraction of sp³-hybridized carbons (Fsp3) is 0.800. The minimum Gasteiger partial charge on any atom is -0.383 e. The van der Waals surface area contributed by atoms with Crippen LogP contribution >= 0.6 is 11.3 Å². The molecule has 2 atom stereocenters. The van der Waals surface area contributed by atoms with Crippen LogP contribution in [0.15, 0.2) is 11.6 Å². The summed E-state index contributed by atoms with van der Waals surface area (Å²) >= 11 is 1.77. The van der Waals surface area contributed by atoms with Gasteiger partial charge in [-0.25, -0.2) is 4.98 Å². The van der Waals surface area contributed by atoms with E-state index in [0.717, 1.165) is 25.5 Å². The van der Waals surface area contributed by atoms with Gasteiger partial charge in [0.05, 0.1) is 12.1 Å². The van der Waals surface area contributed by atoms with Gasteiger partial charge in [-0.3, -0.25) is 0 Å². The number of hydrogen-bond donors (Lipinski definition) is 1. The number of thiazole rings is 1. The summed E-state index contributed by atoms with van der Waals surface area (Å²) in [6.45, 7) is 8.76. The van der Waals surface area contributed by atoms with E-state index >= 15 is 0 Å². The van der Waals surface area contributed by atoms with E-state index < -0.39 is 0 Å². The second-order valence-electron chi connectivity index (χ2n) is 6.69. The third-order valence-electron chi connectivity index (χ3n) is 3.99. The predicted octanol–water partition coefficient (Wildman–Crippen LogP) is 3.42. The molecule has 1 N–H and O–H groups in total. The summed E-state index contributed by atoms with van der Waals surface area (Å²) in [5.41, 5.74) is 0.400. The smallest absolute Gasteiger partial charge is 0.113 e. The summed E-state index contributed by atoms with van der Waals surface area (Å²) in [4.78, 5) is 4.61. The minimum absolute atomic E-state index is 0.0356. The Labute approximate surface area is 120 Å². The SMILES string of the molecule is COCCNC1(c2nccs2)CC(C)CC(C)(C)C1. The lowest BCUT2D eigenvalue weighted by Gasteiger charge is -2.47. The fourth-order valence-corrected chi connectivity index (χ4v) is 4.62. The number of aromatic nitrogens is 1. The molecule has 108 valence electrons. The van der Waals surface area contributed by atoms with Crippen molar-refractivity contribution in [2.45, 2.75) is 45.6 Å². The second kappa shape index (κ2) is 5.90. The molecular formula is C15H26N2OS. The number of nitrogens with zero attached hydrogens (tertiary/aromatic N) is 1. The summed E-state index contributed by atoms with van der Waals surface area (Å²) in [6, 6.07) is 0. The zero-order valence-electron chi connectivity index (χ0n) is 12.5. The summed E-state index contributed by atoms with van der Waals surface area (Å²) in [5.74, 6) is 0.725. The molecule has 0 radical (unpaired) electrons. The average Bonchev–Trinajstić information content (AvgIpc) is 2.80. The maximum absolute atomic E-state index is 5.19. The Balaban J connectivity index is 2.23. The highest BCUT2D eigenvalue weighted by Gasteiger charge is 2.45. The van der Waals surface area contributed by atoms with Crippen molar-refractivity contribution in [2.75, 3.05) is 20.3 Å². The first-order chi connectivity index (χ1) is 8.97. The second-order valence-corrected chi connectivity index (χ2v) is 7.59. The molecule has 0 aliphatic heterocycles. The molecule has 1 fully saturated rings. The van der Waals surface area contributed by atoms with Gasteiger partial charge in [-0.2, -0.15) is 0 Å². The first-order valence-electron chi connectivity index (χ1n) is 7.11. The molecule has 1 aromatic heterocycles. The number of hydrogen-bond acceptors (Lipinski definition) is 4. The molecule has 0 amide bonds. The zero-order valence-corrected chi connectivity index (χ0v) is 13.3. The van der Waals surface area contributed by atoms with E-state index in [1.165, 1.54) is 17.8 Å². The van der Waals surface area contributed by atoms with Gasteiger partial charge >= 0.3 is 0 Å². The molecule has 0 aromatic carbocycles. The highest BCUT2D eigenvalue weighted by molar-refractivity contribution is 7.09. The summed E-state index contributed by atoms with van der Waals surface area (Å²) < 4.78 is 5.19. The third-order valence-corrected chi connectivity index (χ3v) is 4.97. The van der Waals surface area contributed by atoms with Crippen LogP contribution in [0.4, 0.5) is 0 Å². The number of nitrogens with one attached hydrogen (secondary N) is 1. The van der Waals surface area contributed by atoms with Gasteiger partial charge in [0.1, 0.15) is 5.01 Å². The van der Waals surface area contributed by atoms with Crippen LogP contribution in [0.2, 0.25) is 0 Å². The lowest BCUT2D eigenvalue weighted by molar-refractivity contribution is 0.0719. The Morgan fingerprint density at radius 2 is 2.26 bits per heavy atom. The standard InChI is InChI=1S/C15H26N2OS/c1-12-9-14(2,3)11-15(10-12,17-5-7-18-4)13-16-6-8-19-13/h6,8,12,17H,5,7,9-11H2,1-4H3. The van der Waals surface area contributed by atoms with E-state index in [9.17, 15) is 0 Å². The maximum atomic E-state index is 5.19. The van der Waals surface area contributed by atoms with Crippen molar-refractivity contribution >= 4 is 11.3 Å². The van der Waals surface area contributed by atoms with Crippen LogP contribution in [0.5, 0.6) is 0 Å². The van der Waals surface area contributed by atoms with Gasteiger partial charge in [0.25, 0.3) is 0 Å². The van der Waals surface area contributed by atoms with Crippen LogP contribution < -0.4 is 5.32 Å². The molecule has 1 aromatic rings. The number of methoxy groups -OCH3 is 1. The van der Waals surface area contributed by atoms with Crippen molar-refractivity contribution < 1.29 is 4.74 Å². The molecular weight excluding hydrogens is 256 g/mol. The molecule has 1 saturated carbocycles. The summed E-state index contributed by atoms with van der Waals surface area (Å²) in [5, 5.41) is 7.07. The van der Waals surface area contributed by atoms with Crippen LogP contribution in [0, 0.1) is 11.3 Å². The Morgan fingerprint density at radius 1 is 1.47 bits per heavy atom. The summed E-state index contributed by atoms with van der Waals surface area (Å²) in [6.07, 6.45) is 5.55. The van der Waals surface area contributed by atoms with Crippen LogP contribution in [0.1, 0.15) is 45.0 Å². The Bertz CT molecular complexity index is 391. The highest BCUT2D eigenvalue weighted by Crippen LogP contribution is 2.48. The molecule has 0 saturated heterocycles. The molecule has 4 heteroatoms. The van der Waals surface area contributed by atoms with Crippen molar-refractivity contribution in [3.8, 4) is 0 Å². The molecule has 3 nitrogen and oxygen atoms in total. The van der Waals surface area contributed by atoms with Gasteiger partial charge in [-0.15, -0.1) is 11.3 Å². The van der Waals surface area contributed by atoms with E-state index in [1.54, 1.807) is 18.4 Å². The Hall–Kier alpha value is -0.450. The molecule has 1 aliphatic rings. The van der Waals surface area contributed by atoms with Gasteiger partial charge in [-0.05, 0) is 30.6 Å². The van der Waals surface area contributed by atoms with Crippen molar-refractivity contribution in [3.05, 3.63) is 16.6 Å². The monoisotopic (exact) mass is 282 g/mol. The number of ether oxygens (including phenoxy) is 1. The third kappa shape index (κ3) is 3.56. The lowest BCUT2D eigenvalue weighted by Crippen LogP contribution is -2.51. The van der Waals surface area contributed by atoms with Gasteiger partial charge in [0.2, 0.25) is 0 Å². The van der Waals surface area contributed by atoms with Crippen molar-refractivity contribution in [2.24, 2.45) is 11.3 Å². The molecule has 2 rings (SSSR count). The van der Waals surface area contributed by atoms with Crippen molar-refractivity contribution in [1.29, 1.82) is 0 Å². The van der Waals surface area contributed by atoms with E-state index in [2.05, 4.69) is 36.5 Å². The molecule has 0 spiro atoms. The molecule has 19 heavy (non-hydrogen) atoms. The lowest BCUT2D eigenvalue weighted by atomic mass is 9.64. The first-order valence-corrected chi connectivity index (χ1v) is 7.99. The first kappa shape index (κ1) is 14.9. The zero-order chi connectivity index (χ0) is 13.9. The van der Waals surface area contributed by atoms with Gasteiger partial charge in [-0.1, -0.05) is 20.8 Å². The van der Waals surface area contributed by atoms with E-state index in [0.29, 0.717) is 5.41 Å². The predicted molar refractivity (Wildman–Crippen MR) is 80.5 cm³/mol. The average molecular weight is 282 g/mol. The van der Waals surface area contributed by atoms with Crippen LogP contribution in [0.3, 0.4) is 0 Å². The van der Waals surface area contributed by atoms with Crippen LogP contribution in [-0.4, -0.2) is 25.2 Å². The van der Waals surface area contributed by atoms with Crippen LogP contribution in [0.25, 0.3) is 0 Å². The van der Waals surface area contributed by atoms with Crippen LogP contribution in [-0.2, 0) is 10.3 Å². The molecule has 2 unspecified atom stereocenters. The number of rotatable bonds is 5. The topological polar surface area (TPSA) is 34.1 Å². The largest absolute Gasteiger partial charge is 0.383 e. The molecule has 1 aliphatic carbocycles. The van der Waals surface area contributed by atoms with Gasteiger partial charge < -0.3 is 10.1 Å². The van der Waals surface area contributed by atoms with Gasteiger partial charge in [0, 0.05) is 25.2 Å². The quantitative estimate of drug-likeness (QED) is 0.840. The highest BCUT2D eigenvalue weighted by atomic mass is 32.1. The fourth-order valence-electron chi connectivity index (χ4n) is 3.80. The Kier molecular flexibility index (Phi) is 4.64. The minimum atomic E-state index is 0.0356. The van der Waals surface area contributed by atoms with Crippen molar-refractivity contribution in [1.82, 2.24) is 10.3 Å². The van der Waals surface area contributed by atoms with E-state index in [-0.39, 0.29) is 5.54 Å². The van der Waals surface area contributed by atoms with Crippen molar-refractivity contribution in [3.63, 3.8) is 0 Å². The molecule has 0 bridgehead atoms. The normalized spacial score (nSPS) is 30.4. The van der Waals surface area contributed by atoms with E-state index in [1.807, 2.05) is 6.20 Å². The van der Waals surface area contributed by atoms with E-state index in [4.69, 9.17) is 4.74 Å². The molecule has 1 heterocycles. The Morgan fingerprint density at radius 3 is 2.84 bits per heavy atom. The summed E-state index contributed by atoms with van der Waals surface area (Å²) in [7, 11) is 1.76.